The SMILES string of the molecule is CC(C)[C@@H]1CN(C(=O)c2ccn(C(C)C)n2)CCCO1. The second-order valence-electron chi connectivity index (χ2n) is 6.03. The van der Waals surface area contributed by atoms with Crippen molar-refractivity contribution in [2.75, 3.05) is 19.7 Å². The Labute approximate surface area is 120 Å². The van der Waals surface area contributed by atoms with Crippen LogP contribution in [0.25, 0.3) is 0 Å². The zero-order valence-corrected chi connectivity index (χ0v) is 12.9. The molecule has 1 aliphatic rings. The average molecular weight is 279 g/mol. The third-order valence-corrected chi connectivity index (χ3v) is 3.69. The normalized spacial score (nSPS) is 20.5. The largest absolute Gasteiger partial charge is 0.376 e. The maximum absolute atomic E-state index is 12.6. The van der Waals surface area contributed by atoms with Crippen molar-refractivity contribution < 1.29 is 9.53 Å². The van der Waals surface area contributed by atoms with Crippen molar-refractivity contribution in [2.24, 2.45) is 5.92 Å². The second kappa shape index (κ2) is 6.39. The van der Waals surface area contributed by atoms with Crippen LogP contribution >= 0.6 is 0 Å². The first-order chi connectivity index (χ1) is 9.49. The molecule has 0 spiro atoms. The summed E-state index contributed by atoms with van der Waals surface area (Å²) in [4.78, 5) is 14.4. The highest BCUT2D eigenvalue weighted by molar-refractivity contribution is 5.92. The molecule has 0 N–H and O–H groups in total. The topological polar surface area (TPSA) is 47.4 Å². The van der Waals surface area contributed by atoms with E-state index in [9.17, 15) is 4.79 Å². The van der Waals surface area contributed by atoms with Crippen molar-refractivity contribution in [3.63, 3.8) is 0 Å². The number of carbonyl (C=O) groups is 1. The van der Waals surface area contributed by atoms with Gasteiger partial charge in [0.2, 0.25) is 0 Å². The minimum atomic E-state index is 0.0144. The number of aromatic nitrogens is 2. The number of hydrogen-bond donors (Lipinski definition) is 0. The number of rotatable bonds is 3. The van der Waals surface area contributed by atoms with Crippen LogP contribution in [0.15, 0.2) is 12.3 Å². The Morgan fingerprint density at radius 3 is 2.75 bits per heavy atom. The van der Waals surface area contributed by atoms with E-state index in [0.717, 1.165) is 19.6 Å². The summed E-state index contributed by atoms with van der Waals surface area (Å²) in [7, 11) is 0. The van der Waals surface area contributed by atoms with Crippen LogP contribution in [-0.2, 0) is 4.74 Å². The summed E-state index contributed by atoms with van der Waals surface area (Å²) in [6.45, 7) is 10.5. The van der Waals surface area contributed by atoms with Crippen molar-refractivity contribution in [1.82, 2.24) is 14.7 Å². The first-order valence-corrected chi connectivity index (χ1v) is 7.45. The van der Waals surface area contributed by atoms with E-state index in [0.29, 0.717) is 18.2 Å². The fourth-order valence-electron chi connectivity index (χ4n) is 2.34. The lowest BCUT2D eigenvalue weighted by molar-refractivity contribution is 0.0220. The number of carbonyl (C=O) groups excluding carboxylic acids is 1. The predicted molar refractivity (Wildman–Crippen MR) is 77.7 cm³/mol. The Morgan fingerprint density at radius 2 is 2.15 bits per heavy atom. The van der Waals surface area contributed by atoms with Crippen LogP contribution in [-0.4, -0.2) is 46.4 Å². The molecule has 1 fully saturated rings. The summed E-state index contributed by atoms with van der Waals surface area (Å²) >= 11 is 0. The molecule has 1 amide bonds. The molecule has 0 bridgehead atoms. The Balaban J connectivity index is 2.09. The monoisotopic (exact) mass is 279 g/mol. The Hall–Kier alpha value is -1.36. The van der Waals surface area contributed by atoms with E-state index in [2.05, 4.69) is 32.8 Å². The van der Waals surface area contributed by atoms with Gasteiger partial charge < -0.3 is 9.64 Å². The van der Waals surface area contributed by atoms with E-state index < -0.39 is 0 Å². The molecular formula is C15H25N3O2. The molecule has 0 aromatic carbocycles. The lowest BCUT2D eigenvalue weighted by atomic mass is 10.1. The molecule has 20 heavy (non-hydrogen) atoms. The Kier molecular flexibility index (Phi) is 4.81. The highest BCUT2D eigenvalue weighted by atomic mass is 16.5. The first-order valence-electron chi connectivity index (χ1n) is 7.45. The minimum absolute atomic E-state index is 0.0144. The molecule has 112 valence electrons. The van der Waals surface area contributed by atoms with E-state index in [4.69, 9.17) is 4.74 Å². The zero-order chi connectivity index (χ0) is 14.7. The highest BCUT2D eigenvalue weighted by Gasteiger charge is 2.26. The molecule has 0 radical (unpaired) electrons. The molecule has 2 heterocycles. The molecule has 1 aromatic rings. The van der Waals surface area contributed by atoms with Crippen molar-refractivity contribution in [3.05, 3.63) is 18.0 Å². The van der Waals surface area contributed by atoms with Gasteiger partial charge in [0.1, 0.15) is 5.69 Å². The van der Waals surface area contributed by atoms with Gasteiger partial charge >= 0.3 is 0 Å². The summed E-state index contributed by atoms with van der Waals surface area (Å²) in [6.07, 6.45) is 2.88. The molecule has 5 nitrogen and oxygen atoms in total. The highest BCUT2D eigenvalue weighted by Crippen LogP contribution is 2.16. The van der Waals surface area contributed by atoms with Crippen molar-refractivity contribution in [2.45, 2.75) is 46.3 Å². The van der Waals surface area contributed by atoms with E-state index in [1.807, 2.05) is 15.8 Å². The third-order valence-electron chi connectivity index (χ3n) is 3.69. The van der Waals surface area contributed by atoms with Crippen molar-refractivity contribution in [1.29, 1.82) is 0 Å². The summed E-state index contributed by atoms with van der Waals surface area (Å²) in [5, 5.41) is 4.37. The van der Waals surface area contributed by atoms with E-state index in [1.165, 1.54) is 0 Å². The molecule has 0 aliphatic carbocycles. The van der Waals surface area contributed by atoms with E-state index >= 15 is 0 Å². The Bertz CT molecular complexity index is 454. The molecule has 5 heteroatoms. The maximum Gasteiger partial charge on any atom is 0.274 e. The van der Waals surface area contributed by atoms with Gasteiger partial charge in [0, 0.05) is 31.9 Å². The predicted octanol–water partition coefficient (Wildman–Crippen LogP) is 2.35. The van der Waals surface area contributed by atoms with E-state index in [1.54, 1.807) is 6.07 Å². The standard InChI is InChI=1S/C15H25N3O2/c1-11(2)14-10-17(7-5-9-20-14)15(19)13-6-8-18(16-13)12(3)4/h6,8,11-12,14H,5,7,9-10H2,1-4H3/t14-/m0/s1. The van der Waals surface area contributed by atoms with Crippen molar-refractivity contribution >= 4 is 5.91 Å². The first kappa shape index (κ1) is 15.0. The number of nitrogens with zero attached hydrogens (tertiary/aromatic N) is 3. The maximum atomic E-state index is 12.6. The molecule has 2 rings (SSSR count). The van der Waals surface area contributed by atoms with Crippen LogP contribution in [0, 0.1) is 5.92 Å². The van der Waals surface area contributed by atoms with Gasteiger partial charge in [-0.25, -0.2) is 0 Å². The Morgan fingerprint density at radius 1 is 1.40 bits per heavy atom. The summed E-state index contributed by atoms with van der Waals surface area (Å²) in [6, 6.07) is 2.07. The summed E-state index contributed by atoms with van der Waals surface area (Å²) in [5.74, 6) is 0.428. The van der Waals surface area contributed by atoms with Gasteiger partial charge in [-0.05, 0) is 32.3 Å². The van der Waals surface area contributed by atoms with Crippen molar-refractivity contribution in [3.8, 4) is 0 Å². The van der Waals surface area contributed by atoms with Gasteiger partial charge in [-0.15, -0.1) is 0 Å². The molecule has 1 saturated heterocycles. The second-order valence-corrected chi connectivity index (χ2v) is 6.03. The van der Waals surface area contributed by atoms with Crippen LogP contribution < -0.4 is 0 Å². The molecule has 1 aliphatic heterocycles. The van der Waals surface area contributed by atoms with Crippen LogP contribution in [0.1, 0.15) is 50.6 Å². The molecular weight excluding hydrogens is 254 g/mol. The molecule has 1 atom stereocenters. The van der Waals surface area contributed by atoms with Gasteiger partial charge in [0.25, 0.3) is 5.91 Å². The third kappa shape index (κ3) is 3.39. The fraction of sp³-hybridized carbons (Fsp3) is 0.733. The molecule has 0 saturated carbocycles. The zero-order valence-electron chi connectivity index (χ0n) is 12.9. The van der Waals surface area contributed by atoms with Crippen LogP contribution in [0.2, 0.25) is 0 Å². The lowest BCUT2D eigenvalue weighted by Crippen LogP contribution is -2.39. The van der Waals surface area contributed by atoms with Gasteiger partial charge in [0.05, 0.1) is 6.10 Å². The van der Waals surface area contributed by atoms with E-state index in [-0.39, 0.29) is 18.1 Å². The van der Waals surface area contributed by atoms with Gasteiger partial charge in [-0.2, -0.15) is 5.10 Å². The smallest absolute Gasteiger partial charge is 0.274 e. The van der Waals surface area contributed by atoms with Crippen LogP contribution in [0.5, 0.6) is 0 Å². The van der Waals surface area contributed by atoms with Gasteiger partial charge in [0.15, 0.2) is 0 Å². The number of amides is 1. The van der Waals surface area contributed by atoms with Gasteiger partial charge in [-0.3, -0.25) is 9.48 Å². The fourth-order valence-corrected chi connectivity index (χ4v) is 2.34. The molecule has 1 aromatic heterocycles. The summed E-state index contributed by atoms with van der Waals surface area (Å²) in [5.41, 5.74) is 0.531. The number of ether oxygens (including phenoxy) is 1. The number of hydrogen-bond acceptors (Lipinski definition) is 3. The average Bonchev–Trinajstić information content (AvgIpc) is 2.76. The van der Waals surface area contributed by atoms with Crippen LogP contribution in [0.4, 0.5) is 0 Å². The van der Waals surface area contributed by atoms with Crippen LogP contribution in [0.3, 0.4) is 0 Å². The minimum Gasteiger partial charge on any atom is -0.376 e. The lowest BCUT2D eigenvalue weighted by Gasteiger charge is -2.25. The summed E-state index contributed by atoms with van der Waals surface area (Å²) < 4.78 is 7.63. The van der Waals surface area contributed by atoms with Gasteiger partial charge in [-0.1, -0.05) is 13.8 Å². The quantitative estimate of drug-likeness (QED) is 0.853. The molecule has 0 unspecified atom stereocenters.